The number of carbonyl (C=O) groups excluding carboxylic acids is 1. The summed E-state index contributed by atoms with van der Waals surface area (Å²) in [6.45, 7) is 0.245. The Morgan fingerprint density at radius 1 is 1.09 bits per heavy atom. The van der Waals surface area contributed by atoms with Gasteiger partial charge in [0, 0.05) is 17.5 Å². The molecule has 0 aliphatic rings. The molecule has 0 atom stereocenters. The summed E-state index contributed by atoms with van der Waals surface area (Å²) in [4.78, 5) is 13.5. The Kier molecular flexibility index (Phi) is 6.76. The summed E-state index contributed by atoms with van der Waals surface area (Å²) in [5.41, 5.74) is 2.99. The van der Waals surface area contributed by atoms with Gasteiger partial charge in [0.25, 0.3) is 0 Å². The summed E-state index contributed by atoms with van der Waals surface area (Å²) in [6.07, 6.45) is 3.22. The van der Waals surface area contributed by atoms with Crippen molar-refractivity contribution in [2.24, 2.45) is 0 Å². The van der Waals surface area contributed by atoms with Crippen LogP contribution in [-0.2, 0) is 6.42 Å². The summed E-state index contributed by atoms with van der Waals surface area (Å²) < 4.78 is 20.7. The van der Waals surface area contributed by atoms with Crippen LogP contribution in [0.15, 0.2) is 78.0 Å². The van der Waals surface area contributed by atoms with E-state index in [4.69, 9.17) is 4.74 Å². The lowest BCUT2D eigenvalue weighted by Gasteiger charge is -2.11. The zero-order valence-electron chi connectivity index (χ0n) is 17.2. The highest BCUT2D eigenvalue weighted by molar-refractivity contribution is 7.98. The second-order valence-corrected chi connectivity index (χ2v) is 7.74. The maximum absolute atomic E-state index is 13.7. The van der Waals surface area contributed by atoms with Crippen molar-refractivity contribution >= 4 is 17.9 Å². The third-order valence-corrected chi connectivity index (χ3v) is 5.50. The van der Waals surface area contributed by atoms with Crippen LogP contribution in [0, 0.1) is 5.82 Å². The number of ether oxygens (including phenoxy) is 1. The molecule has 0 spiro atoms. The number of hydrogen-bond donors (Lipinski definition) is 1. The number of tetrazole rings is 1. The molecule has 0 unspecified atom stereocenters. The van der Waals surface area contributed by atoms with Gasteiger partial charge in [-0.2, -0.15) is 0 Å². The van der Waals surface area contributed by atoms with Gasteiger partial charge in [-0.25, -0.2) is 13.9 Å². The first-order chi connectivity index (χ1) is 15.6. The third-order valence-electron chi connectivity index (χ3n) is 4.76. The van der Waals surface area contributed by atoms with Gasteiger partial charge in [0.05, 0.1) is 5.69 Å². The zero-order valence-corrected chi connectivity index (χ0v) is 18.1. The molecule has 1 amide bonds. The molecule has 4 aromatic rings. The number of hydrogen-bond acceptors (Lipinski definition) is 6. The van der Waals surface area contributed by atoms with E-state index in [1.165, 1.54) is 17.1 Å². The van der Waals surface area contributed by atoms with E-state index in [1.807, 2.05) is 36.6 Å². The Bertz CT molecular complexity index is 1200. The van der Waals surface area contributed by atoms with Crippen LogP contribution in [0.3, 0.4) is 0 Å². The molecule has 0 saturated carbocycles. The minimum absolute atomic E-state index is 0.245. The standard InChI is InChI=1S/C23H20FN5O2S/c1-32-21-8-6-16(7-9-21)18-12-19(29-15-26-27-28-29)14-20(13-18)31-23(30)25-11-10-17-4-2-3-5-22(17)24/h2-9,12-15H,10-11H2,1H3,(H,25,30). The molecule has 3 aromatic carbocycles. The Balaban J connectivity index is 1.51. The summed E-state index contributed by atoms with van der Waals surface area (Å²) in [7, 11) is 0. The number of thioether (sulfide) groups is 1. The van der Waals surface area contributed by atoms with Crippen molar-refractivity contribution in [1.29, 1.82) is 0 Å². The van der Waals surface area contributed by atoms with Gasteiger partial charge in [0.1, 0.15) is 17.9 Å². The molecule has 0 bridgehead atoms. The average Bonchev–Trinajstić information content (AvgIpc) is 3.35. The molecule has 1 heterocycles. The summed E-state index contributed by atoms with van der Waals surface area (Å²) in [5, 5.41) is 13.9. The molecule has 0 radical (unpaired) electrons. The van der Waals surface area contributed by atoms with Crippen LogP contribution in [0.4, 0.5) is 9.18 Å². The number of nitrogens with zero attached hydrogens (tertiary/aromatic N) is 4. The Morgan fingerprint density at radius 2 is 1.91 bits per heavy atom. The highest BCUT2D eigenvalue weighted by atomic mass is 32.2. The number of aromatic nitrogens is 4. The lowest BCUT2D eigenvalue weighted by Crippen LogP contribution is -2.29. The lowest BCUT2D eigenvalue weighted by molar-refractivity contribution is 0.200. The number of amides is 1. The van der Waals surface area contributed by atoms with Gasteiger partial charge in [-0.05, 0) is 70.1 Å². The molecule has 32 heavy (non-hydrogen) atoms. The normalized spacial score (nSPS) is 10.7. The van der Waals surface area contributed by atoms with Gasteiger partial charge in [0.15, 0.2) is 0 Å². The minimum atomic E-state index is -0.626. The number of carbonyl (C=O) groups is 1. The predicted octanol–water partition coefficient (Wildman–Crippen LogP) is 4.52. The van der Waals surface area contributed by atoms with E-state index in [1.54, 1.807) is 42.1 Å². The Labute approximate surface area is 188 Å². The van der Waals surface area contributed by atoms with E-state index >= 15 is 0 Å². The Morgan fingerprint density at radius 3 is 2.62 bits per heavy atom. The molecule has 0 fully saturated rings. The van der Waals surface area contributed by atoms with Crippen LogP contribution in [0.1, 0.15) is 5.56 Å². The summed E-state index contributed by atoms with van der Waals surface area (Å²) in [6, 6.07) is 19.9. The number of benzene rings is 3. The van der Waals surface area contributed by atoms with Gasteiger partial charge >= 0.3 is 6.09 Å². The molecule has 1 aromatic heterocycles. The monoisotopic (exact) mass is 449 g/mol. The molecule has 1 N–H and O–H groups in total. The first-order valence-corrected chi connectivity index (χ1v) is 11.1. The fraction of sp³-hybridized carbons (Fsp3) is 0.130. The minimum Gasteiger partial charge on any atom is -0.410 e. The van der Waals surface area contributed by atoms with Crippen molar-refractivity contribution in [2.45, 2.75) is 11.3 Å². The first-order valence-electron chi connectivity index (χ1n) is 9.84. The Hall–Kier alpha value is -3.72. The smallest absolute Gasteiger partial charge is 0.410 e. The lowest BCUT2D eigenvalue weighted by atomic mass is 10.0. The van der Waals surface area contributed by atoms with E-state index in [0.717, 1.165) is 16.0 Å². The molecule has 162 valence electrons. The van der Waals surface area contributed by atoms with Crippen LogP contribution in [0.5, 0.6) is 5.75 Å². The fourth-order valence-corrected chi connectivity index (χ4v) is 3.56. The summed E-state index contributed by atoms with van der Waals surface area (Å²) in [5.74, 6) is 0.0410. The van der Waals surface area contributed by atoms with Crippen LogP contribution in [0.2, 0.25) is 0 Å². The van der Waals surface area contributed by atoms with Crippen LogP contribution < -0.4 is 10.1 Å². The van der Waals surface area contributed by atoms with Crippen molar-refractivity contribution in [3.8, 4) is 22.6 Å². The number of halogens is 1. The average molecular weight is 450 g/mol. The van der Waals surface area contributed by atoms with Crippen LogP contribution in [-0.4, -0.2) is 39.1 Å². The van der Waals surface area contributed by atoms with Gasteiger partial charge in [-0.3, -0.25) is 0 Å². The third kappa shape index (κ3) is 5.30. The molecular weight excluding hydrogens is 429 g/mol. The maximum Gasteiger partial charge on any atom is 0.412 e. The van der Waals surface area contributed by atoms with E-state index in [0.29, 0.717) is 23.4 Å². The largest absolute Gasteiger partial charge is 0.412 e. The van der Waals surface area contributed by atoms with E-state index < -0.39 is 6.09 Å². The second-order valence-electron chi connectivity index (χ2n) is 6.86. The molecule has 4 rings (SSSR count). The summed E-state index contributed by atoms with van der Waals surface area (Å²) >= 11 is 1.66. The number of rotatable bonds is 7. The van der Waals surface area contributed by atoms with Gasteiger partial charge < -0.3 is 10.1 Å². The predicted molar refractivity (Wildman–Crippen MR) is 121 cm³/mol. The molecule has 0 aliphatic carbocycles. The topological polar surface area (TPSA) is 81.9 Å². The molecule has 7 nitrogen and oxygen atoms in total. The van der Waals surface area contributed by atoms with Crippen LogP contribution in [0.25, 0.3) is 16.8 Å². The van der Waals surface area contributed by atoms with Crippen molar-refractivity contribution < 1.29 is 13.9 Å². The van der Waals surface area contributed by atoms with E-state index in [2.05, 4.69) is 20.8 Å². The zero-order chi connectivity index (χ0) is 22.3. The van der Waals surface area contributed by atoms with Crippen molar-refractivity contribution in [2.75, 3.05) is 12.8 Å². The maximum atomic E-state index is 13.7. The van der Waals surface area contributed by atoms with Crippen molar-refractivity contribution in [1.82, 2.24) is 25.5 Å². The highest BCUT2D eigenvalue weighted by Crippen LogP contribution is 2.29. The van der Waals surface area contributed by atoms with E-state index in [9.17, 15) is 9.18 Å². The van der Waals surface area contributed by atoms with Crippen molar-refractivity contribution in [3.63, 3.8) is 0 Å². The number of nitrogens with one attached hydrogen (secondary N) is 1. The van der Waals surface area contributed by atoms with Crippen molar-refractivity contribution in [3.05, 3.63) is 84.4 Å². The fourth-order valence-electron chi connectivity index (χ4n) is 3.15. The molecular formula is C23H20FN5O2S. The van der Waals surface area contributed by atoms with Gasteiger partial charge in [0.2, 0.25) is 0 Å². The molecule has 0 aliphatic heterocycles. The van der Waals surface area contributed by atoms with E-state index in [-0.39, 0.29) is 12.4 Å². The highest BCUT2D eigenvalue weighted by Gasteiger charge is 2.11. The van der Waals surface area contributed by atoms with Gasteiger partial charge in [-0.15, -0.1) is 16.9 Å². The van der Waals surface area contributed by atoms with Crippen LogP contribution >= 0.6 is 11.8 Å². The SMILES string of the molecule is CSc1ccc(-c2cc(OC(=O)NCCc3ccccc3F)cc(-n3cnnn3)c2)cc1. The van der Waals surface area contributed by atoms with Gasteiger partial charge in [-0.1, -0.05) is 30.3 Å². The first kappa shape index (κ1) is 21.5. The molecule has 9 heteroatoms. The second kappa shape index (κ2) is 10.1. The molecule has 0 saturated heterocycles. The quantitative estimate of drug-likeness (QED) is 0.418.